The van der Waals surface area contributed by atoms with Gasteiger partial charge in [0.25, 0.3) is 5.91 Å². The molecular formula is C25H24FN5O2S. The summed E-state index contributed by atoms with van der Waals surface area (Å²) >= 11 is 1.18. The molecule has 0 saturated heterocycles. The first-order valence-electron chi connectivity index (χ1n) is 10.8. The second kappa shape index (κ2) is 10.4. The van der Waals surface area contributed by atoms with Crippen LogP contribution in [0.25, 0.3) is 0 Å². The van der Waals surface area contributed by atoms with Gasteiger partial charge < -0.3 is 9.88 Å². The Morgan fingerprint density at radius 1 is 1.12 bits per heavy atom. The largest absolute Gasteiger partial charge is 0.330 e. The first-order valence-corrected chi connectivity index (χ1v) is 11.7. The van der Waals surface area contributed by atoms with E-state index in [4.69, 9.17) is 0 Å². The highest BCUT2D eigenvalue weighted by atomic mass is 32.1. The number of hydrogen-bond donors (Lipinski definition) is 2. The Bertz CT molecular complexity index is 1310. The quantitative estimate of drug-likeness (QED) is 0.370. The maximum atomic E-state index is 13.8. The average Bonchev–Trinajstić information content (AvgIpc) is 3.43. The number of imidazole rings is 1. The minimum atomic E-state index is -0.605. The number of halogens is 1. The van der Waals surface area contributed by atoms with Crippen molar-refractivity contribution in [3.05, 3.63) is 94.8 Å². The molecule has 0 aliphatic heterocycles. The van der Waals surface area contributed by atoms with Gasteiger partial charge in [-0.2, -0.15) is 0 Å². The van der Waals surface area contributed by atoms with Crippen molar-refractivity contribution in [2.75, 3.05) is 10.6 Å². The van der Waals surface area contributed by atoms with E-state index >= 15 is 0 Å². The highest BCUT2D eigenvalue weighted by molar-refractivity contribution is 7.14. The molecule has 0 aliphatic carbocycles. The number of benzene rings is 2. The fourth-order valence-electron chi connectivity index (χ4n) is 3.52. The number of carbonyl (C=O) groups excluding carboxylic acids is 2. The van der Waals surface area contributed by atoms with Crippen LogP contribution in [0.15, 0.2) is 66.3 Å². The van der Waals surface area contributed by atoms with Crippen molar-refractivity contribution < 1.29 is 14.0 Å². The van der Waals surface area contributed by atoms with E-state index < -0.39 is 11.7 Å². The molecule has 2 N–H and O–H groups in total. The molecule has 2 amide bonds. The molecule has 0 bridgehead atoms. The number of nitrogens with zero attached hydrogens (tertiary/aromatic N) is 3. The number of hydrogen-bond acceptors (Lipinski definition) is 5. The van der Waals surface area contributed by atoms with Crippen LogP contribution in [0.1, 0.15) is 47.2 Å². The number of rotatable bonds is 8. The standard InChI is InChI=1S/C25H24FN5O2S/c1-16(2)23-27-10-11-31(23)14-17-6-5-7-18(12-17)28-22(32)13-19-15-34-25(29-19)30-24(33)20-8-3-4-9-21(20)26/h3-12,15-16H,13-14H2,1-2H3,(H,28,32)(H,29,30,33). The number of carbonyl (C=O) groups is 2. The summed E-state index contributed by atoms with van der Waals surface area (Å²) in [6.07, 6.45) is 3.79. The van der Waals surface area contributed by atoms with E-state index in [1.807, 2.05) is 30.5 Å². The van der Waals surface area contributed by atoms with Gasteiger partial charge in [-0.25, -0.2) is 14.4 Å². The van der Waals surface area contributed by atoms with Gasteiger partial charge in [0.15, 0.2) is 5.13 Å². The van der Waals surface area contributed by atoms with E-state index in [1.54, 1.807) is 17.6 Å². The Balaban J connectivity index is 1.35. The third-order valence-electron chi connectivity index (χ3n) is 5.06. The third kappa shape index (κ3) is 5.74. The van der Waals surface area contributed by atoms with E-state index in [0.717, 1.165) is 11.4 Å². The van der Waals surface area contributed by atoms with Crippen molar-refractivity contribution in [2.45, 2.75) is 32.7 Å². The van der Waals surface area contributed by atoms with Crippen LogP contribution >= 0.6 is 11.3 Å². The lowest BCUT2D eigenvalue weighted by molar-refractivity contribution is -0.115. The summed E-state index contributed by atoms with van der Waals surface area (Å²) in [4.78, 5) is 33.5. The molecule has 2 aromatic carbocycles. The molecule has 2 heterocycles. The maximum Gasteiger partial charge on any atom is 0.260 e. The zero-order valence-corrected chi connectivity index (χ0v) is 19.6. The van der Waals surface area contributed by atoms with Crippen LogP contribution in [0.2, 0.25) is 0 Å². The summed E-state index contributed by atoms with van der Waals surface area (Å²) in [5, 5.41) is 7.47. The van der Waals surface area contributed by atoms with Crippen LogP contribution in [-0.2, 0) is 17.8 Å². The van der Waals surface area contributed by atoms with E-state index in [2.05, 4.69) is 39.0 Å². The molecule has 0 saturated carbocycles. The Hall–Kier alpha value is -3.85. The van der Waals surface area contributed by atoms with Crippen molar-refractivity contribution in [2.24, 2.45) is 0 Å². The molecule has 7 nitrogen and oxygen atoms in total. The maximum absolute atomic E-state index is 13.8. The Morgan fingerprint density at radius 3 is 2.74 bits per heavy atom. The zero-order valence-electron chi connectivity index (χ0n) is 18.8. The van der Waals surface area contributed by atoms with Crippen molar-refractivity contribution >= 4 is 34.0 Å². The first kappa shape index (κ1) is 23.3. The fraction of sp³-hybridized carbons (Fsp3) is 0.200. The van der Waals surface area contributed by atoms with Crippen molar-refractivity contribution in [3.8, 4) is 0 Å². The summed E-state index contributed by atoms with van der Waals surface area (Å²) in [7, 11) is 0. The van der Waals surface area contributed by atoms with Gasteiger partial charge in [0.1, 0.15) is 11.6 Å². The number of amides is 2. The molecular weight excluding hydrogens is 453 g/mol. The van der Waals surface area contributed by atoms with Gasteiger partial charge >= 0.3 is 0 Å². The van der Waals surface area contributed by atoms with Crippen LogP contribution < -0.4 is 10.6 Å². The Labute approximate surface area is 200 Å². The predicted octanol–water partition coefficient (Wildman–Crippen LogP) is 5.08. The van der Waals surface area contributed by atoms with E-state index in [9.17, 15) is 14.0 Å². The van der Waals surface area contributed by atoms with Crippen LogP contribution in [0.5, 0.6) is 0 Å². The molecule has 174 valence electrons. The molecule has 34 heavy (non-hydrogen) atoms. The summed E-state index contributed by atoms with van der Waals surface area (Å²) in [5.74, 6) is -0.0844. The van der Waals surface area contributed by atoms with Gasteiger partial charge in [0.2, 0.25) is 5.91 Å². The minimum absolute atomic E-state index is 0.0509. The van der Waals surface area contributed by atoms with Gasteiger partial charge in [-0.05, 0) is 29.8 Å². The lowest BCUT2D eigenvalue weighted by atomic mass is 10.1. The van der Waals surface area contributed by atoms with Crippen LogP contribution in [0.3, 0.4) is 0 Å². The monoisotopic (exact) mass is 477 g/mol. The zero-order chi connectivity index (χ0) is 24.1. The Kier molecular flexibility index (Phi) is 7.12. The molecule has 0 fully saturated rings. The highest BCUT2D eigenvalue weighted by Gasteiger charge is 2.14. The number of thiazole rings is 1. The van der Waals surface area contributed by atoms with E-state index in [-0.39, 0.29) is 17.9 Å². The molecule has 0 radical (unpaired) electrons. The summed E-state index contributed by atoms with van der Waals surface area (Å²) in [5.41, 5.74) is 2.19. The van der Waals surface area contributed by atoms with Crippen molar-refractivity contribution in [1.82, 2.24) is 14.5 Å². The second-order valence-corrected chi connectivity index (χ2v) is 8.93. The van der Waals surface area contributed by atoms with Gasteiger partial charge in [-0.3, -0.25) is 14.9 Å². The van der Waals surface area contributed by atoms with Gasteiger partial charge in [-0.1, -0.05) is 38.1 Å². The number of aromatic nitrogens is 3. The van der Waals surface area contributed by atoms with Crippen molar-refractivity contribution in [1.29, 1.82) is 0 Å². The van der Waals surface area contributed by atoms with Crippen LogP contribution in [0, 0.1) is 5.82 Å². The minimum Gasteiger partial charge on any atom is -0.330 e. The third-order valence-corrected chi connectivity index (χ3v) is 5.87. The summed E-state index contributed by atoms with van der Waals surface area (Å²) in [6, 6.07) is 13.4. The Morgan fingerprint density at radius 2 is 1.94 bits per heavy atom. The topological polar surface area (TPSA) is 88.9 Å². The molecule has 0 unspecified atom stereocenters. The summed E-state index contributed by atoms with van der Waals surface area (Å²) in [6.45, 7) is 4.86. The van der Waals surface area contributed by atoms with Crippen LogP contribution in [0.4, 0.5) is 15.2 Å². The van der Waals surface area contributed by atoms with Crippen LogP contribution in [-0.4, -0.2) is 26.3 Å². The second-order valence-electron chi connectivity index (χ2n) is 8.07. The molecule has 2 aromatic heterocycles. The summed E-state index contributed by atoms with van der Waals surface area (Å²) < 4.78 is 15.9. The molecule has 0 aliphatic rings. The van der Waals surface area contributed by atoms with E-state index in [0.29, 0.717) is 29.0 Å². The lowest BCUT2D eigenvalue weighted by Crippen LogP contribution is -2.16. The van der Waals surface area contributed by atoms with Crippen molar-refractivity contribution in [3.63, 3.8) is 0 Å². The lowest BCUT2D eigenvalue weighted by Gasteiger charge is -2.12. The molecule has 0 atom stereocenters. The highest BCUT2D eigenvalue weighted by Crippen LogP contribution is 2.19. The number of anilines is 2. The molecule has 9 heteroatoms. The molecule has 4 rings (SSSR count). The van der Waals surface area contributed by atoms with Gasteiger partial charge in [0.05, 0.1) is 17.7 Å². The SMILES string of the molecule is CC(C)c1nccn1Cc1cccc(NC(=O)Cc2csc(NC(=O)c3ccccc3F)n2)c1. The number of nitrogens with one attached hydrogen (secondary N) is 2. The average molecular weight is 478 g/mol. The predicted molar refractivity (Wildman–Crippen MR) is 131 cm³/mol. The normalized spacial score (nSPS) is 10.9. The van der Waals surface area contributed by atoms with Gasteiger partial charge in [-0.15, -0.1) is 11.3 Å². The molecule has 4 aromatic rings. The first-order chi connectivity index (χ1) is 16.4. The van der Waals surface area contributed by atoms with Gasteiger partial charge in [0, 0.05) is 35.9 Å². The van der Waals surface area contributed by atoms with E-state index in [1.165, 1.54) is 29.5 Å². The fourth-order valence-corrected chi connectivity index (χ4v) is 4.23. The smallest absolute Gasteiger partial charge is 0.260 e. The molecule has 0 spiro atoms.